The fourth-order valence-corrected chi connectivity index (χ4v) is 3.07. The van der Waals surface area contributed by atoms with Crippen molar-refractivity contribution in [2.45, 2.75) is 18.6 Å². The number of aliphatic hydroxyl groups excluding tert-OH is 1. The van der Waals surface area contributed by atoms with Crippen LogP contribution in [0.25, 0.3) is 0 Å². The van der Waals surface area contributed by atoms with E-state index >= 15 is 0 Å². The maximum Gasteiger partial charge on any atom is 0.324 e. The number of urea groups is 1. The van der Waals surface area contributed by atoms with E-state index in [4.69, 9.17) is 0 Å². The summed E-state index contributed by atoms with van der Waals surface area (Å²) in [7, 11) is 0. The average molecular weight is 307 g/mol. The average Bonchev–Trinajstić information content (AvgIpc) is 3.01. The van der Waals surface area contributed by atoms with Gasteiger partial charge < -0.3 is 10.4 Å². The number of likely N-dealkylation sites (tertiary alicyclic amines) is 1. The van der Waals surface area contributed by atoms with Gasteiger partial charge in [0.1, 0.15) is 5.82 Å². The van der Waals surface area contributed by atoms with Crippen LogP contribution in [0.1, 0.15) is 18.0 Å². The van der Waals surface area contributed by atoms with Crippen LogP contribution in [-0.2, 0) is 4.79 Å². The summed E-state index contributed by atoms with van der Waals surface area (Å²) in [5.74, 6) is -0.531. The van der Waals surface area contributed by atoms with Crippen molar-refractivity contribution < 1.29 is 19.1 Å². The Kier molecular flexibility index (Phi) is 4.08. The number of halogens is 1. The minimum Gasteiger partial charge on any atom is -0.392 e. The fourth-order valence-electron chi connectivity index (χ4n) is 3.07. The molecule has 2 aliphatic rings. The summed E-state index contributed by atoms with van der Waals surface area (Å²) >= 11 is 0. The quantitative estimate of drug-likeness (QED) is 0.794. The standard InChI is InChI=1S/C15H18FN3O3/c16-11-3-1-10(2-4-11)13-7-12(20)9-18(13)5-6-19-14(21)8-17-15(19)22/h1-4,12-13,20H,5-9H2,(H,17,22)/t12-,13-/m0/s1. The number of rotatable bonds is 4. The number of hydrogen-bond donors (Lipinski definition) is 2. The maximum absolute atomic E-state index is 13.0. The predicted molar refractivity (Wildman–Crippen MR) is 76.4 cm³/mol. The molecule has 2 fully saturated rings. The highest BCUT2D eigenvalue weighted by Crippen LogP contribution is 2.31. The van der Waals surface area contributed by atoms with E-state index in [0.717, 1.165) is 5.56 Å². The van der Waals surface area contributed by atoms with E-state index in [0.29, 0.717) is 19.5 Å². The molecule has 2 heterocycles. The number of β-amino-alcohol motifs (C(OH)–C–C–N with tert-alkyl or cyclic N) is 1. The summed E-state index contributed by atoms with van der Waals surface area (Å²) in [4.78, 5) is 26.3. The molecule has 3 rings (SSSR count). The Labute approximate surface area is 127 Å². The number of hydrogen-bond acceptors (Lipinski definition) is 4. The third kappa shape index (κ3) is 2.95. The summed E-state index contributed by atoms with van der Waals surface area (Å²) in [6.07, 6.45) is 0.101. The van der Waals surface area contributed by atoms with E-state index in [1.807, 2.05) is 4.90 Å². The Hall–Kier alpha value is -1.99. The van der Waals surface area contributed by atoms with Crippen molar-refractivity contribution in [3.63, 3.8) is 0 Å². The Morgan fingerprint density at radius 1 is 1.23 bits per heavy atom. The van der Waals surface area contributed by atoms with Crippen LogP contribution >= 0.6 is 0 Å². The predicted octanol–water partition coefficient (Wildman–Crippen LogP) is 0.485. The van der Waals surface area contributed by atoms with Crippen molar-refractivity contribution in [1.82, 2.24) is 15.1 Å². The van der Waals surface area contributed by atoms with Gasteiger partial charge in [0.25, 0.3) is 0 Å². The lowest BCUT2D eigenvalue weighted by Crippen LogP contribution is -2.39. The van der Waals surface area contributed by atoms with Crippen LogP contribution in [0.15, 0.2) is 24.3 Å². The van der Waals surface area contributed by atoms with Gasteiger partial charge in [-0.25, -0.2) is 9.18 Å². The second kappa shape index (κ2) is 6.02. The third-order valence-corrected chi connectivity index (χ3v) is 4.18. The van der Waals surface area contributed by atoms with Crippen LogP contribution in [-0.4, -0.2) is 59.1 Å². The smallest absolute Gasteiger partial charge is 0.324 e. The van der Waals surface area contributed by atoms with Crippen LogP contribution in [0.5, 0.6) is 0 Å². The molecule has 0 aliphatic carbocycles. The summed E-state index contributed by atoms with van der Waals surface area (Å²) in [5.41, 5.74) is 0.926. The van der Waals surface area contributed by atoms with Gasteiger partial charge in [-0.05, 0) is 24.1 Å². The van der Waals surface area contributed by atoms with E-state index in [-0.39, 0.29) is 36.9 Å². The molecule has 0 bridgehead atoms. The summed E-state index contributed by atoms with van der Waals surface area (Å²) in [6.45, 7) is 1.29. The second-order valence-electron chi connectivity index (χ2n) is 5.66. The van der Waals surface area contributed by atoms with E-state index in [1.54, 1.807) is 12.1 Å². The lowest BCUT2D eigenvalue weighted by Gasteiger charge is -2.26. The highest BCUT2D eigenvalue weighted by Gasteiger charge is 2.34. The molecule has 7 heteroatoms. The number of carbonyl (C=O) groups is 2. The Balaban J connectivity index is 1.67. The fraction of sp³-hybridized carbons (Fsp3) is 0.467. The monoisotopic (exact) mass is 307 g/mol. The molecule has 0 spiro atoms. The molecule has 118 valence electrons. The Bertz CT molecular complexity index is 562. The zero-order valence-corrected chi connectivity index (χ0v) is 12.0. The number of carbonyl (C=O) groups excluding carboxylic acids is 2. The summed E-state index contributed by atoms with van der Waals surface area (Å²) in [6, 6.07) is 5.81. The molecule has 3 amide bonds. The van der Waals surface area contributed by atoms with Crippen LogP contribution in [0.4, 0.5) is 9.18 Å². The van der Waals surface area contributed by atoms with Gasteiger partial charge in [-0.3, -0.25) is 14.6 Å². The molecule has 22 heavy (non-hydrogen) atoms. The van der Waals surface area contributed by atoms with Crippen molar-refractivity contribution in [3.05, 3.63) is 35.6 Å². The molecule has 0 saturated carbocycles. The van der Waals surface area contributed by atoms with Crippen molar-refractivity contribution in [2.75, 3.05) is 26.2 Å². The zero-order valence-electron chi connectivity index (χ0n) is 12.0. The van der Waals surface area contributed by atoms with Gasteiger partial charge in [0, 0.05) is 25.7 Å². The van der Waals surface area contributed by atoms with Gasteiger partial charge in [0.15, 0.2) is 0 Å². The molecule has 0 radical (unpaired) electrons. The first kappa shape index (κ1) is 14.9. The molecule has 2 saturated heterocycles. The molecule has 1 aromatic carbocycles. The van der Waals surface area contributed by atoms with Gasteiger partial charge >= 0.3 is 6.03 Å². The normalized spacial score (nSPS) is 25.8. The third-order valence-electron chi connectivity index (χ3n) is 4.18. The minimum absolute atomic E-state index is 0.0311. The molecular formula is C15H18FN3O3. The highest BCUT2D eigenvalue weighted by molar-refractivity contribution is 6.01. The maximum atomic E-state index is 13.0. The summed E-state index contributed by atoms with van der Waals surface area (Å²) in [5, 5.41) is 12.4. The number of imide groups is 1. The van der Waals surface area contributed by atoms with Crippen LogP contribution in [0, 0.1) is 5.82 Å². The highest BCUT2D eigenvalue weighted by atomic mass is 19.1. The number of nitrogens with zero attached hydrogens (tertiary/aromatic N) is 2. The SMILES string of the molecule is O=C1CNC(=O)N1CCN1C[C@@H](O)C[C@H]1c1ccc(F)cc1. The molecule has 2 atom stereocenters. The summed E-state index contributed by atoms with van der Waals surface area (Å²) < 4.78 is 13.0. The molecule has 0 aromatic heterocycles. The molecule has 6 nitrogen and oxygen atoms in total. The van der Waals surface area contributed by atoms with Gasteiger partial charge in [-0.2, -0.15) is 0 Å². The topological polar surface area (TPSA) is 72.9 Å². The van der Waals surface area contributed by atoms with Crippen molar-refractivity contribution in [2.24, 2.45) is 0 Å². The van der Waals surface area contributed by atoms with Gasteiger partial charge in [0.05, 0.1) is 12.6 Å². The van der Waals surface area contributed by atoms with Crippen LogP contribution in [0.2, 0.25) is 0 Å². The first-order valence-corrected chi connectivity index (χ1v) is 7.30. The Morgan fingerprint density at radius 3 is 2.59 bits per heavy atom. The number of benzene rings is 1. The number of amides is 3. The van der Waals surface area contributed by atoms with Crippen molar-refractivity contribution >= 4 is 11.9 Å². The van der Waals surface area contributed by atoms with Gasteiger partial charge in [-0.15, -0.1) is 0 Å². The van der Waals surface area contributed by atoms with Crippen LogP contribution < -0.4 is 5.32 Å². The van der Waals surface area contributed by atoms with Gasteiger partial charge in [-0.1, -0.05) is 12.1 Å². The first-order chi connectivity index (χ1) is 10.5. The first-order valence-electron chi connectivity index (χ1n) is 7.30. The number of aliphatic hydroxyl groups is 1. The van der Waals surface area contributed by atoms with Gasteiger partial charge in [0.2, 0.25) is 5.91 Å². The van der Waals surface area contributed by atoms with Crippen molar-refractivity contribution in [1.29, 1.82) is 0 Å². The molecular weight excluding hydrogens is 289 g/mol. The van der Waals surface area contributed by atoms with E-state index < -0.39 is 6.10 Å². The molecule has 2 N–H and O–H groups in total. The molecule has 0 unspecified atom stereocenters. The number of nitrogens with one attached hydrogen (secondary N) is 1. The minimum atomic E-state index is -0.460. The van der Waals surface area contributed by atoms with Crippen LogP contribution in [0.3, 0.4) is 0 Å². The lowest BCUT2D eigenvalue weighted by atomic mass is 10.0. The lowest BCUT2D eigenvalue weighted by molar-refractivity contribution is -0.125. The van der Waals surface area contributed by atoms with E-state index in [2.05, 4.69) is 5.32 Å². The molecule has 1 aromatic rings. The second-order valence-corrected chi connectivity index (χ2v) is 5.66. The zero-order chi connectivity index (χ0) is 15.7. The van der Waals surface area contributed by atoms with E-state index in [9.17, 15) is 19.1 Å². The van der Waals surface area contributed by atoms with Crippen molar-refractivity contribution in [3.8, 4) is 0 Å². The largest absolute Gasteiger partial charge is 0.392 e. The molecule has 2 aliphatic heterocycles. The Morgan fingerprint density at radius 2 is 1.95 bits per heavy atom. The van der Waals surface area contributed by atoms with E-state index in [1.165, 1.54) is 17.0 Å².